The highest BCUT2D eigenvalue weighted by molar-refractivity contribution is 7.98. The predicted molar refractivity (Wildman–Crippen MR) is 133 cm³/mol. The smallest absolute Gasteiger partial charge is 0.408 e. The highest BCUT2D eigenvalue weighted by Gasteiger charge is 2.44. The van der Waals surface area contributed by atoms with Crippen molar-refractivity contribution in [2.24, 2.45) is 0 Å². The Hall–Kier alpha value is -2.22. The molecule has 1 fully saturated rings. The molecule has 33 heavy (non-hydrogen) atoms. The van der Waals surface area contributed by atoms with Crippen molar-refractivity contribution in [1.82, 2.24) is 15.5 Å². The van der Waals surface area contributed by atoms with Crippen LogP contribution in [0.25, 0.3) is 0 Å². The zero-order valence-corrected chi connectivity index (χ0v) is 21.8. The van der Waals surface area contributed by atoms with Crippen LogP contribution in [0.4, 0.5) is 4.79 Å². The number of thioether (sulfide) groups is 1. The maximum absolute atomic E-state index is 13.9. The molecule has 0 aromatic heterocycles. The van der Waals surface area contributed by atoms with E-state index in [-0.39, 0.29) is 17.9 Å². The summed E-state index contributed by atoms with van der Waals surface area (Å²) in [6.45, 7) is 11.1. The fourth-order valence-corrected chi connectivity index (χ4v) is 3.98. The standard InChI is InChI=1S/C25H39N3O4S/c1-24(2,3)27-21(29)20(17-11-9-8-10-12-17)28(18-13-14-18)22(30)19(15-16-33-7)26-23(31)32-25(4,5)6/h8-12,18-20H,13-16H2,1-7H3,(H,26,31)(H,27,29). The number of carbonyl (C=O) groups excluding carboxylic acids is 3. The fourth-order valence-electron chi connectivity index (χ4n) is 3.51. The van der Waals surface area contributed by atoms with Gasteiger partial charge in [-0.25, -0.2) is 4.79 Å². The van der Waals surface area contributed by atoms with E-state index in [4.69, 9.17) is 4.74 Å². The van der Waals surface area contributed by atoms with Gasteiger partial charge in [0.05, 0.1) is 0 Å². The van der Waals surface area contributed by atoms with Crippen LogP contribution in [-0.4, -0.2) is 58.0 Å². The van der Waals surface area contributed by atoms with Gasteiger partial charge in [0, 0.05) is 11.6 Å². The molecule has 1 saturated carbocycles. The largest absolute Gasteiger partial charge is 0.444 e. The van der Waals surface area contributed by atoms with E-state index >= 15 is 0 Å². The van der Waals surface area contributed by atoms with Crippen molar-refractivity contribution >= 4 is 29.7 Å². The minimum absolute atomic E-state index is 0.0364. The van der Waals surface area contributed by atoms with Crippen LogP contribution in [0.15, 0.2) is 30.3 Å². The molecule has 2 atom stereocenters. The maximum Gasteiger partial charge on any atom is 0.408 e. The van der Waals surface area contributed by atoms with Gasteiger partial charge in [-0.1, -0.05) is 30.3 Å². The van der Waals surface area contributed by atoms with Crippen molar-refractivity contribution < 1.29 is 19.1 Å². The van der Waals surface area contributed by atoms with Gasteiger partial charge in [-0.3, -0.25) is 9.59 Å². The minimum Gasteiger partial charge on any atom is -0.444 e. The van der Waals surface area contributed by atoms with E-state index < -0.39 is 29.3 Å². The molecule has 0 aliphatic heterocycles. The summed E-state index contributed by atoms with van der Waals surface area (Å²) >= 11 is 1.60. The number of hydrogen-bond acceptors (Lipinski definition) is 5. The second-order valence-electron chi connectivity index (χ2n) is 10.5. The van der Waals surface area contributed by atoms with Crippen LogP contribution in [0, 0.1) is 0 Å². The van der Waals surface area contributed by atoms with Crippen molar-refractivity contribution in [2.75, 3.05) is 12.0 Å². The molecule has 2 N–H and O–H groups in total. The average Bonchev–Trinajstić information content (AvgIpc) is 3.51. The maximum atomic E-state index is 13.9. The Kier molecular flexibility index (Phi) is 9.23. The number of benzene rings is 1. The lowest BCUT2D eigenvalue weighted by Crippen LogP contribution is -2.55. The van der Waals surface area contributed by atoms with E-state index in [2.05, 4.69) is 10.6 Å². The van der Waals surface area contributed by atoms with Gasteiger partial charge in [0.15, 0.2) is 0 Å². The van der Waals surface area contributed by atoms with Crippen molar-refractivity contribution in [3.8, 4) is 0 Å². The number of ether oxygens (including phenoxy) is 1. The number of nitrogens with one attached hydrogen (secondary N) is 2. The van der Waals surface area contributed by atoms with Crippen LogP contribution in [0.5, 0.6) is 0 Å². The molecule has 8 heteroatoms. The van der Waals surface area contributed by atoms with Crippen molar-refractivity contribution in [3.05, 3.63) is 35.9 Å². The number of hydrogen-bond donors (Lipinski definition) is 2. The van der Waals surface area contributed by atoms with Crippen LogP contribution in [0.1, 0.15) is 72.4 Å². The van der Waals surface area contributed by atoms with Crippen molar-refractivity contribution in [3.63, 3.8) is 0 Å². The van der Waals surface area contributed by atoms with Gasteiger partial charge >= 0.3 is 6.09 Å². The van der Waals surface area contributed by atoms with Gasteiger partial charge < -0.3 is 20.3 Å². The van der Waals surface area contributed by atoms with Crippen LogP contribution >= 0.6 is 11.8 Å². The molecule has 184 valence electrons. The number of rotatable bonds is 9. The van der Waals surface area contributed by atoms with E-state index in [9.17, 15) is 14.4 Å². The summed E-state index contributed by atoms with van der Waals surface area (Å²) in [6.07, 6.45) is 3.44. The topological polar surface area (TPSA) is 87.7 Å². The third-order valence-corrected chi connectivity index (χ3v) is 5.58. The van der Waals surface area contributed by atoms with E-state index in [0.717, 1.165) is 18.4 Å². The third-order valence-electron chi connectivity index (χ3n) is 4.93. The predicted octanol–water partition coefficient (Wildman–Crippen LogP) is 4.28. The average molecular weight is 478 g/mol. The first-order valence-corrected chi connectivity index (χ1v) is 12.9. The molecule has 1 aliphatic rings. The van der Waals surface area contributed by atoms with Gasteiger partial charge in [-0.2, -0.15) is 11.8 Å². The van der Waals surface area contributed by atoms with Gasteiger partial charge in [0.1, 0.15) is 17.7 Å². The molecule has 0 bridgehead atoms. The highest BCUT2D eigenvalue weighted by Crippen LogP contribution is 2.36. The molecule has 0 saturated heterocycles. The fraction of sp³-hybridized carbons (Fsp3) is 0.640. The molecule has 1 aromatic carbocycles. The molecule has 1 aliphatic carbocycles. The highest BCUT2D eigenvalue weighted by atomic mass is 32.2. The van der Waals surface area contributed by atoms with Gasteiger partial charge in [-0.15, -0.1) is 0 Å². The molecular formula is C25H39N3O4S. The second-order valence-corrected chi connectivity index (χ2v) is 11.5. The first-order valence-electron chi connectivity index (χ1n) is 11.5. The number of nitrogens with zero attached hydrogens (tertiary/aromatic N) is 1. The lowest BCUT2D eigenvalue weighted by molar-refractivity contribution is -0.143. The lowest BCUT2D eigenvalue weighted by Gasteiger charge is -2.36. The Morgan fingerprint density at radius 3 is 2.18 bits per heavy atom. The summed E-state index contributed by atoms with van der Waals surface area (Å²) in [5.41, 5.74) is -0.373. The molecular weight excluding hydrogens is 438 g/mol. The van der Waals surface area contributed by atoms with Gasteiger partial charge in [0.2, 0.25) is 11.8 Å². The SMILES string of the molecule is CSCCC(NC(=O)OC(C)(C)C)C(=O)N(C1CC1)C(C(=O)NC(C)(C)C)c1ccccc1. The summed E-state index contributed by atoms with van der Waals surface area (Å²) in [7, 11) is 0. The van der Waals surface area contributed by atoms with E-state index in [0.29, 0.717) is 12.2 Å². The van der Waals surface area contributed by atoms with E-state index in [1.54, 1.807) is 37.4 Å². The van der Waals surface area contributed by atoms with E-state index in [1.165, 1.54) is 0 Å². The van der Waals surface area contributed by atoms with Crippen LogP contribution in [-0.2, 0) is 14.3 Å². The minimum atomic E-state index is -0.776. The molecule has 7 nitrogen and oxygen atoms in total. The molecule has 2 unspecified atom stereocenters. The molecule has 1 aromatic rings. The normalized spacial score (nSPS) is 15.8. The Bertz CT molecular complexity index is 813. The molecule has 3 amide bonds. The molecule has 0 spiro atoms. The summed E-state index contributed by atoms with van der Waals surface area (Å²) in [5.74, 6) is 0.208. The second kappa shape index (κ2) is 11.3. The Morgan fingerprint density at radius 2 is 1.70 bits per heavy atom. The zero-order valence-electron chi connectivity index (χ0n) is 20.9. The Balaban J connectivity index is 2.39. The van der Waals surface area contributed by atoms with E-state index in [1.807, 2.05) is 57.4 Å². The van der Waals surface area contributed by atoms with Crippen LogP contribution < -0.4 is 10.6 Å². The summed E-state index contributed by atoms with van der Waals surface area (Å²) in [6, 6.07) is 7.77. The zero-order chi connectivity index (χ0) is 24.8. The quantitative estimate of drug-likeness (QED) is 0.554. The first kappa shape index (κ1) is 27.0. The number of alkyl carbamates (subject to hydrolysis) is 1. The first-order chi connectivity index (χ1) is 15.3. The van der Waals surface area contributed by atoms with Gasteiger partial charge in [-0.05, 0) is 78.4 Å². The number of carbonyl (C=O) groups is 3. The van der Waals surface area contributed by atoms with Gasteiger partial charge in [0.25, 0.3) is 0 Å². The third kappa shape index (κ3) is 8.91. The van der Waals surface area contributed by atoms with Crippen LogP contribution in [0.2, 0.25) is 0 Å². The number of amides is 3. The Labute approximate surface area is 202 Å². The monoisotopic (exact) mass is 477 g/mol. The lowest BCUT2D eigenvalue weighted by atomic mass is 10.00. The summed E-state index contributed by atoms with van der Waals surface area (Å²) < 4.78 is 5.41. The molecule has 0 radical (unpaired) electrons. The molecule has 2 rings (SSSR count). The van der Waals surface area contributed by atoms with Crippen molar-refractivity contribution in [1.29, 1.82) is 0 Å². The van der Waals surface area contributed by atoms with Crippen molar-refractivity contribution in [2.45, 2.75) is 90.1 Å². The summed E-state index contributed by atoms with van der Waals surface area (Å²) in [5, 5.41) is 5.81. The molecule has 0 heterocycles. The Morgan fingerprint density at radius 1 is 1.09 bits per heavy atom. The van der Waals surface area contributed by atoms with Crippen LogP contribution in [0.3, 0.4) is 0 Å². The summed E-state index contributed by atoms with van der Waals surface area (Å²) in [4.78, 5) is 41.5.